The average Bonchev–Trinajstić information content (AvgIpc) is 3.29. The number of hydrogen-bond acceptors (Lipinski definition) is 5. The number of piperidine rings is 1. The monoisotopic (exact) mass is 452 g/mol. The van der Waals surface area contributed by atoms with Crippen LogP contribution in [-0.2, 0) is 6.42 Å². The van der Waals surface area contributed by atoms with Crippen LogP contribution >= 0.6 is 22.9 Å². The molecule has 1 fully saturated rings. The summed E-state index contributed by atoms with van der Waals surface area (Å²) in [6.45, 7) is 3.81. The van der Waals surface area contributed by atoms with Gasteiger partial charge in [0.2, 0.25) is 10.8 Å². The molecule has 0 bridgehead atoms. The molecule has 1 aliphatic heterocycles. The first-order valence-corrected chi connectivity index (χ1v) is 11.9. The number of rotatable bonds is 5. The lowest BCUT2D eigenvalue weighted by Crippen LogP contribution is -2.37. The van der Waals surface area contributed by atoms with Gasteiger partial charge in [0.05, 0.1) is 10.9 Å². The Bertz CT molecular complexity index is 1160. The molecule has 1 saturated heterocycles. The third-order valence-corrected chi connectivity index (χ3v) is 7.45. The highest BCUT2D eigenvalue weighted by atomic mass is 35.5. The van der Waals surface area contributed by atoms with Crippen molar-refractivity contribution in [3.8, 4) is 5.88 Å². The van der Waals surface area contributed by atoms with E-state index in [0.29, 0.717) is 16.8 Å². The summed E-state index contributed by atoms with van der Waals surface area (Å²) in [5.41, 5.74) is 2.54. The highest BCUT2D eigenvalue weighted by molar-refractivity contribution is 7.17. The molecule has 3 heterocycles. The molecule has 2 aromatic carbocycles. The molecule has 0 spiro atoms. The van der Waals surface area contributed by atoms with Crippen molar-refractivity contribution >= 4 is 27.9 Å². The molecule has 5 nitrogen and oxygen atoms in total. The summed E-state index contributed by atoms with van der Waals surface area (Å²) >= 11 is 7.67. The zero-order valence-electron chi connectivity index (χ0n) is 17.4. The van der Waals surface area contributed by atoms with Crippen molar-refractivity contribution in [3.63, 3.8) is 0 Å². The van der Waals surface area contributed by atoms with E-state index in [0.717, 1.165) is 47.8 Å². The Morgan fingerprint density at radius 3 is 2.48 bits per heavy atom. The predicted molar refractivity (Wildman–Crippen MR) is 125 cm³/mol. The van der Waals surface area contributed by atoms with Gasteiger partial charge in [0.15, 0.2) is 0 Å². The second kappa shape index (κ2) is 8.61. The molecule has 1 N–H and O–H groups in total. The maximum absolute atomic E-state index is 11.0. The third-order valence-electron chi connectivity index (χ3n) is 6.12. The SMILES string of the molecule is Cc1nc2sc([C@H](c3ccc(Cl)cc3)N3CCC(Cc4ccccc4)CC3)c(O)n2n1. The minimum Gasteiger partial charge on any atom is -0.492 e. The van der Waals surface area contributed by atoms with E-state index >= 15 is 0 Å². The number of halogens is 1. The van der Waals surface area contributed by atoms with E-state index < -0.39 is 0 Å². The van der Waals surface area contributed by atoms with Crippen LogP contribution < -0.4 is 0 Å². The van der Waals surface area contributed by atoms with Gasteiger partial charge in [-0.1, -0.05) is 65.4 Å². The number of hydrogen-bond donors (Lipinski definition) is 1. The Balaban J connectivity index is 1.42. The van der Waals surface area contributed by atoms with E-state index in [4.69, 9.17) is 11.6 Å². The minimum atomic E-state index is -0.0382. The molecule has 0 unspecified atom stereocenters. The third kappa shape index (κ3) is 4.20. The Labute approximate surface area is 190 Å². The second-order valence-corrected chi connectivity index (χ2v) is 9.71. The maximum Gasteiger partial charge on any atom is 0.230 e. The fourth-order valence-corrected chi connectivity index (χ4v) is 5.85. The van der Waals surface area contributed by atoms with Crippen molar-refractivity contribution in [1.82, 2.24) is 19.5 Å². The number of benzene rings is 2. The summed E-state index contributed by atoms with van der Waals surface area (Å²) in [6.07, 6.45) is 3.40. The van der Waals surface area contributed by atoms with Crippen molar-refractivity contribution in [2.24, 2.45) is 5.92 Å². The summed E-state index contributed by atoms with van der Waals surface area (Å²) in [4.78, 5) is 8.55. The molecular formula is C24H25ClN4OS. The molecule has 2 aromatic heterocycles. The first-order valence-electron chi connectivity index (χ1n) is 10.7. The van der Waals surface area contributed by atoms with Crippen molar-refractivity contribution in [2.45, 2.75) is 32.2 Å². The van der Waals surface area contributed by atoms with Crippen LogP contribution in [0.25, 0.3) is 4.96 Å². The number of fused-ring (bicyclic) bond motifs is 1. The first-order chi connectivity index (χ1) is 15.1. The summed E-state index contributed by atoms with van der Waals surface area (Å²) in [7, 11) is 0. The lowest BCUT2D eigenvalue weighted by Gasteiger charge is -2.37. The van der Waals surface area contributed by atoms with E-state index in [9.17, 15) is 5.11 Å². The van der Waals surface area contributed by atoms with Gasteiger partial charge in [-0.2, -0.15) is 4.52 Å². The zero-order valence-corrected chi connectivity index (χ0v) is 19.0. The Morgan fingerprint density at radius 1 is 1.10 bits per heavy atom. The number of aromatic hydroxyl groups is 1. The van der Waals surface area contributed by atoms with Crippen LogP contribution in [0.2, 0.25) is 5.02 Å². The van der Waals surface area contributed by atoms with E-state index in [2.05, 4.69) is 57.4 Å². The first kappa shape index (κ1) is 20.5. The van der Waals surface area contributed by atoms with Gasteiger partial charge >= 0.3 is 0 Å². The van der Waals surface area contributed by atoms with Crippen molar-refractivity contribution in [1.29, 1.82) is 0 Å². The lowest BCUT2D eigenvalue weighted by atomic mass is 9.89. The molecule has 160 valence electrons. The molecule has 0 amide bonds. The van der Waals surface area contributed by atoms with Crippen LogP contribution in [0.5, 0.6) is 5.88 Å². The zero-order chi connectivity index (χ0) is 21.4. The second-order valence-electron chi connectivity index (χ2n) is 8.27. The van der Waals surface area contributed by atoms with Crippen molar-refractivity contribution in [2.75, 3.05) is 13.1 Å². The van der Waals surface area contributed by atoms with Crippen molar-refractivity contribution < 1.29 is 5.11 Å². The molecule has 7 heteroatoms. The smallest absolute Gasteiger partial charge is 0.230 e. The van der Waals surface area contributed by atoms with E-state index in [1.54, 1.807) is 4.52 Å². The summed E-state index contributed by atoms with van der Waals surface area (Å²) in [5, 5.41) is 16.1. The Kier molecular flexibility index (Phi) is 5.69. The molecule has 0 saturated carbocycles. The van der Waals surface area contributed by atoms with Gasteiger partial charge < -0.3 is 5.11 Å². The van der Waals surface area contributed by atoms with Crippen LogP contribution in [0.4, 0.5) is 0 Å². The van der Waals surface area contributed by atoms with Gasteiger partial charge in [-0.3, -0.25) is 4.90 Å². The topological polar surface area (TPSA) is 53.7 Å². The van der Waals surface area contributed by atoms with Crippen LogP contribution in [0.3, 0.4) is 0 Å². The minimum absolute atomic E-state index is 0.0382. The van der Waals surface area contributed by atoms with Gasteiger partial charge in [-0.05, 0) is 68.5 Å². The number of likely N-dealkylation sites (tertiary alicyclic amines) is 1. The number of nitrogens with zero attached hydrogens (tertiary/aromatic N) is 4. The van der Waals surface area contributed by atoms with Crippen molar-refractivity contribution in [3.05, 3.63) is 81.4 Å². The summed E-state index contributed by atoms with van der Waals surface area (Å²) < 4.78 is 1.56. The van der Waals surface area contributed by atoms with Gasteiger partial charge in [-0.15, -0.1) is 5.10 Å². The van der Waals surface area contributed by atoms with E-state index in [1.165, 1.54) is 16.9 Å². The fraction of sp³-hybridized carbons (Fsp3) is 0.333. The highest BCUT2D eigenvalue weighted by Crippen LogP contribution is 2.41. The maximum atomic E-state index is 11.0. The molecular weight excluding hydrogens is 428 g/mol. The molecule has 0 aliphatic carbocycles. The quantitative estimate of drug-likeness (QED) is 0.434. The largest absolute Gasteiger partial charge is 0.492 e. The Morgan fingerprint density at radius 2 is 1.81 bits per heavy atom. The van der Waals surface area contributed by atoms with Crippen LogP contribution in [-0.4, -0.2) is 37.7 Å². The standard InChI is InChI=1S/C24H25ClN4OS/c1-16-26-24-29(27-16)23(30)22(31-24)21(19-7-9-20(25)10-8-19)28-13-11-18(12-14-28)15-17-5-3-2-4-6-17/h2-10,18,21,30H,11-15H2,1H3/t21-/m0/s1. The van der Waals surface area contributed by atoms with Gasteiger partial charge in [0.1, 0.15) is 5.82 Å². The summed E-state index contributed by atoms with van der Waals surface area (Å²) in [5.74, 6) is 1.54. The van der Waals surface area contributed by atoms with Crippen LogP contribution in [0.15, 0.2) is 54.6 Å². The fourth-order valence-electron chi connectivity index (χ4n) is 4.56. The highest BCUT2D eigenvalue weighted by Gasteiger charge is 2.32. The lowest BCUT2D eigenvalue weighted by molar-refractivity contribution is 0.150. The van der Waals surface area contributed by atoms with Crippen LogP contribution in [0.1, 0.15) is 40.7 Å². The number of aromatic nitrogens is 3. The Hall–Kier alpha value is -2.41. The number of aryl methyl sites for hydroxylation is 1. The van der Waals surface area contributed by atoms with E-state index in [-0.39, 0.29) is 11.9 Å². The molecule has 5 rings (SSSR count). The average molecular weight is 453 g/mol. The molecule has 4 aromatic rings. The summed E-state index contributed by atoms with van der Waals surface area (Å²) in [6, 6.07) is 18.7. The van der Waals surface area contributed by atoms with Crippen LogP contribution in [0, 0.1) is 12.8 Å². The number of thiazole rings is 1. The molecule has 1 atom stereocenters. The van der Waals surface area contributed by atoms with Gasteiger partial charge in [0.25, 0.3) is 0 Å². The predicted octanol–water partition coefficient (Wildman–Crippen LogP) is 5.50. The molecule has 1 aliphatic rings. The molecule has 31 heavy (non-hydrogen) atoms. The van der Waals surface area contributed by atoms with Gasteiger partial charge in [0, 0.05) is 5.02 Å². The van der Waals surface area contributed by atoms with E-state index in [1.807, 2.05) is 19.1 Å². The molecule has 0 radical (unpaired) electrons. The normalized spacial score (nSPS) is 16.7. The van der Waals surface area contributed by atoms with Gasteiger partial charge in [-0.25, -0.2) is 4.98 Å².